The molecule has 4 rings (SSSR count). The highest BCUT2D eigenvalue weighted by atomic mass is 16.4. The van der Waals surface area contributed by atoms with Gasteiger partial charge in [0.1, 0.15) is 11.7 Å². The normalized spacial score (nSPS) is 20.5. The van der Waals surface area contributed by atoms with Gasteiger partial charge in [-0.05, 0) is 55.7 Å². The van der Waals surface area contributed by atoms with Crippen LogP contribution in [0.4, 0.5) is 0 Å². The van der Waals surface area contributed by atoms with Crippen LogP contribution >= 0.6 is 0 Å². The highest BCUT2D eigenvalue weighted by Gasteiger charge is 2.26. The maximum atomic E-state index is 12.3. The Morgan fingerprint density at radius 2 is 1.71 bits per heavy atom. The number of aliphatic hydroxyl groups is 2. The van der Waals surface area contributed by atoms with Gasteiger partial charge in [0.15, 0.2) is 0 Å². The van der Waals surface area contributed by atoms with Gasteiger partial charge in [-0.1, -0.05) is 37.8 Å². The van der Waals surface area contributed by atoms with Gasteiger partial charge in [0, 0.05) is 23.5 Å². The Morgan fingerprint density at radius 3 is 2.46 bits per heavy atom. The van der Waals surface area contributed by atoms with Crippen LogP contribution in [-0.4, -0.2) is 28.9 Å². The molecule has 1 saturated carbocycles. The summed E-state index contributed by atoms with van der Waals surface area (Å²) in [7, 11) is 0. The Hall–Kier alpha value is -1.69. The summed E-state index contributed by atoms with van der Waals surface area (Å²) in [6.07, 6.45) is 8.94. The lowest BCUT2D eigenvalue weighted by atomic mass is 9.87. The third kappa shape index (κ3) is 4.02. The molecular weight excluding hydrogens is 354 g/mol. The van der Waals surface area contributed by atoms with Crippen molar-refractivity contribution in [2.45, 2.75) is 82.5 Å². The molecule has 2 unspecified atom stereocenters. The number of aryl methyl sites for hydroxylation is 1. The van der Waals surface area contributed by atoms with E-state index in [9.17, 15) is 15.0 Å². The molecule has 2 aromatic rings. The van der Waals surface area contributed by atoms with Crippen molar-refractivity contribution in [1.29, 1.82) is 0 Å². The minimum atomic E-state index is -1.01. The molecule has 0 bridgehead atoms. The largest absolute Gasteiger partial charge is 0.422 e. The van der Waals surface area contributed by atoms with Gasteiger partial charge in [-0.2, -0.15) is 0 Å². The first kappa shape index (κ1) is 19.6. The lowest BCUT2D eigenvalue weighted by molar-refractivity contribution is 0.0181. The van der Waals surface area contributed by atoms with E-state index in [1.165, 1.54) is 25.7 Å². The zero-order valence-electron chi connectivity index (χ0n) is 16.5. The van der Waals surface area contributed by atoms with Gasteiger partial charge in [0.05, 0.1) is 6.10 Å². The second kappa shape index (κ2) is 8.76. The molecule has 0 aliphatic heterocycles. The molecule has 0 amide bonds. The average molecular weight is 386 g/mol. The summed E-state index contributed by atoms with van der Waals surface area (Å²) in [5.74, 6) is 0. The van der Waals surface area contributed by atoms with Crippen LogP contribution in [0, 0.1) is 0 Å². The first-order valence-corrected chi connectivity index (χ1v) is 10.8. The van der Waals surface area contributed by atoms with E-state index >= 15 is 0 Å². The fourth-order valence-electron chi connectivity index (χ4n) is 4.86. The van der Waals surface area contributed by atoms with Gasteiger partial charge < -0.3 is 19.9 Å². The number of fused-ring (bicyclic) bond motifs is 3. The highest BCUT2D eigenvalue weighted by Crippen LogP contribution is 2.33. The monoisotopic (exact) mass is 385 g/mol. The number of benzene rings is 1. The Labute approximate surface area is 165 Å². The molecule has 2 aliphatic rings. The van der Waals surface area contributed by atoms with Crippen LogP contribution in [0.15, 0.2) is 27.4 Å². The molecule has 0 spiro atoms. The second-order valence-corrected chi connectivity index (χ2v) is 8.38. The van der Waals surface area contributed by atoms with Gasteiger partial charge in [-0.15, -0.1) is 0 Å². The molecule has 1 fully saturated rings. The van der Waals surface area contributed by atoms with Crippen molar-refractivity contribution in [3.8, 4) is 0 Å². The third-order valence-corrected chi connectivity index (χ3v) is 6.43. The first-order valence-electron chi connectivity index (χ1n) is 10.8. The Balaban J connectivity index is 1.58. The second-order valence-electron chi connectivity index (χ2n) is 8.38. The first-order chi connectivity index (χ1) is 13.6. The molecule has 2 aliphatic carbocycles. The summed E-state index contributed by atoms with van der Waals surface area (Å²) in [4.78, 5) is 12.3. The molecule has 28 heavy (non-hydrogen) atoms. The summed E-state index contributed by atoms with van der Waals surface area (Å²) >= 11 is 0. The van der Waals surface area contributed by atoms with Crippen LogP contribution in [0.1, 0.15) is 74.2 Å². The summed E-state index contributed by atoms with van der Waals surface area (Å²) in [6, 6.07) is 5.82. The van der Waals surface area contributed by atoms with Crippen molar-refractivity contribution < 1.29 is 14.6 Å². The van der Waals surface area contributed by atoms with Crippen LogP contribution in [0.5, 0.6) is 0 Å². The Morgan fingerprint density at radius 1 is 1.00 bits per heavy atom. The number of nitrogens with one attached hydrogen (secondary N) is 1. The van der Waals surface area contributed by atoms with Crippen LogP contribution in [0.25, 0.3) is 11.0 Å². The van der Waals surface area contributed by atoms with E-state index in [4.69, 9.17) is 4.42 Å². The minimum Gasteiger partial charge on any atom is -0.422 e. The van der Waals surface area contributed by atoms with Crippen LogP contribution in [-0.2, 0) is 12.8 Å². The molecule has 3 N–H and O–H groups in total. The summed E-state index contributed by atoms with van der Waals surface area (Å²) < 4.78 is 5.54. The zero-order chi connectivity index (χ0) is 19.5. The number of rotatable bonds is 5. The predicted molar refractivity (Wildman–Crippen MR) is 110 cm³/mol. The molecule has 1 aromatic carbocycles. The maximum absolute atomic E-state index is 12.3. The molecule has 2 atom stereocenters. The van der Waals surface area contributed by atoms with Crippen LogP contribution in [0.2, 0.25) is 0 Å². The fourth-order valence-corrected chi connectivity index (χ4v) is 4.86. The molecule has 5 nitrogen and oxygen atoms in total. The fraction of sp³-hybridized carbons (Fsp3) is 0.609. The summed E-state index contributed by atoms with van der Waals surface area (Å²) in [5.41, 5.74) is 2.64. The molecule has 152 valence electrons. The molecule has 0 radical (unpaired) electrons. The van der Waals surface area contributed by atoms with E-state index < -0.39 is 12.2 Å². The smallest absolute Gasteiger partial charge is 0.339 e. The molecule has 0 saturated heterocycles. The maximum Gasteiger partial charge on any atom is 0.339 e. The predicted octanol–water partition coefficient (Wildman–Crippen LogP) is 3.38. The number of hydrogen-bond donors (Lipinski definition) is 3. The van der Waals surface area contributed by atoms with Gasteiger partial charge in [-0.25, -0.2) is 4.79 Å². The zero-order valence-corrected chi connectivity index (χ0v) is 16.5. The van der Waals surface area contributed by atoms with E-state index in [1.807, 2.05) is 6.07 Å². The minimum absolute atomic E-state index is 0.260. The summed E-state index contributed by atoms with van der Waals surface area (Å²) in [6.45, 7) is 0.362. The van der Waals surface area contributed by atoms with E-state index in [1.54, 1.807) is 12.1 Å². The van der Waals surface area contributed by atoms with E-state index in [0.717, 1.165) is 55.0 Å². The highest BCUT2D eigenvalue weighted by molar-refractivity contribution is 5.85. The van der Waals surface area contributed by atoms with Crippen molar-refractivity contribution in [1.82, 2.24) is 5.32 Å². The van der Waals surface area contributed by atoms with Crippen molar-refractivity contribution in [2.24, 2.45) is 0 Å². The molecule has 1 aromatic heterocycles. The SMILES string of the molecule is O=c1oc2cccc(C(O)C(O)CNC3CCCCCC3)c2c2c1CCCC2. The van der Waals surface area contributed by atoms with Gasteiger partial charge in [-0.3, -0.25) is 0 Å². The van der Waals surface area contributed by atoms with Crippen LogP contribution < -0.4 is 10.9 Å². The topological polar surface area (TPSA) is 82.7 Å². The summed E-state index contributed by atoms with van der Waals surface area (Å²) in [5, 5.41) is 25.9. The van der Waals surface area contributed by atoms with Crippen molar-refractivity contribution >= 4 is 11.0 Å². The van der Waals surface area contributed by atoms with Gasteiger partial charge in [0.2, 0.25) is 0 Å². The van der Waals surface area contributed by atoms with Crippen molar-refractivity contribution in [3.63, 3.8) is 0 Å². The van der Waals surface area contributed by atoms with E-state index in [0.29, 0.717) is 23.7 Å². The lowest BCUT2D eigenvalue weighted by Crippen LogP contribution is -2.38. The molecule has 1 heterocycles. The van der Waals surface area contributed by atoms with Crippen molar-refractivity contribution in [3.05, 3.63) is 45.3 Å². The van der Waals surface area contributed by atoms with E-state index in [-0.39, 0.29) is 5.63 Å². The van der Waals surface area contributed by atoms with Crippen molar-refractivity contribution in [2.75, 3.05) is 6.54 Å². The molecular formula is C23H31NO4. The van der Waals surface area contributed by atoms with Gasteiger partial charge >= 0.3 is 5.63 Å². The molecule has 5 heteroatoms. The number of aliphatic hydroxyl groups excluding tert-OH is 2. The third-order valence-electron chi connectivity index (χ3n) is 6.43. The quantitative estimate of drug-likeness (QED) is 0.543. The number of hydrogen-bond acceptors (Lipinski definition) is 5. The lowest BCUT2D eigenvalue weighted by Gasteiger charge is -2.25. The Kier molecular flexibility index (Phi) is 6.14. The van der Waals surface area contributed by atoms with Gasteiger partial charge in [0.25, 0.3) is 0 Å². The van der Waals surface area contributed by atoms with E-state index in [2.05, 4.69) is 5.32 Å². The standard InChI is InChI=1S/C23H31NO4/c25-19(14-24-15-8-3-1-2-4-9-15)22(26)18-12-7-13-20-21(18)16-10-5-6-11-17(16)23(27)28-20/h7,12-13,15,19,22,24-26H,1-6,8-11,14H2. The Bertz CT molecular complexity index is 867. The van der Waals surface area contributed by atoms with Crippen LogP contribution in [0.3, 0.4) is 0 Å². The average Bonchev–Trinajstić information content (AvgIpc) is 3.00.